The van der Waals surface area contributed by atoms with Gasteiger partial charge in [0.2, 0.25) is 0 Å². The summed E-state index contributed by atoms with van der Waals surface area (Å²) in [5.74, 6) is 9.74. The Morgan fingerprint density at radius 3 is 1.65 bits per heavy atom. The molecule has 120 valence electrons. The van der Waals surface area contributed by atoms with Crippen molar-refractivity contribution in [2.45, 2.75) is 38.5 Å². The van der Waals surface area contributed by atoms with Crippen molar-refractivity contribution in [3.05, 3.63) is 29.8 Å². The molecule has 7 fully saturated rings. The largest absolute Gasteiger partial charge is 0.245 e. The number of nitrogens with zero attached hydrogens (tertiary/aromatic N) is 1. The molecule has 9 rings (SSSR count). The van der Waals surface area contributed by atoms with Gasteiger partial charge in [-0.3, -0.25) is 0 Å². The normalized spacial score (nSPS) is 47.8. The van der Waals surface area contributed by atoms with E-state index in [4.69, 9.17) is 0 Å². The zero-order chi connectivity index (χ0) is 15.0. The van der Waals surface area contributed by atoms with Gasteiger partial charge in [-0.2, -0.15) is 0 Å². The summed E-state index contributed by atoms with van der Waals surface area (Å²) in [6.07, 6.45) is 9.93. The average Bonchev–Trinajstić information content (AvgIpc) is 3.08. The molecule has 23 heavy (non-hydrogen) atoms. The highest BCUT2D eigenvalue weighted by Crippen LogP contribution is 2.71. The van der Waals surface area contributed by atoms with E-state index in [-0.39, 0.29) is 0 Å². The van der Waals surface area contributed by atoms with Gasteiger partial charge in [-0.05, 0) is 98.0 Å². The van der Waals surface area contributed by atoms with Gasteiger partial charge in [-0.1, -0.05) is 12.1 Å². The third-order valence-electron chi connectivity index (χ3n) is 8.17. The van der Waals surface area contributed by atoms with Crippen molar-refractivity contribution in [2.24, 2.45) is 47.3 Å². The zero-order valence-corrected chi connectivity index (χ0v) is 14.4. The molecule has 7 aliphatic carbocycles. The highest BCUT2D eigenvalue weighted by molar-refractivity contribution is 7.16. The van der Waals surface area contributed by atoms with Crippen LogP contribution in [0.2, 0.25) is 0 Å². The van der Waals surface area contributed by atoms with Gasteiger partial charge in [0.1, 0.15) is 0 Å². The third kappa shape index (κ3) is 1.88. The second kappa shape index (κ2) is 4.81. The van der Waals surface area contributed by atoms with E-state index in [0.717, 1.165) is 5.52 Å². The molecule has 7 aliphatic rings. The Bertz CT molecular complexity index is 616. The third-order valence-corrected chi connectivity index (χ3v) is 8.98. The highest BCUT2D eigenvalue weighted by Gasteiger charge is 2.63. The van der Waals surface area contributed by atoms with Crippen LogP contribution in [0.1, 0.15) is 38.5 Å². The molecule has 8 bridgehead atoms. The van der Waals surface area contributed by atoms with E-state index in [2.05, 4.69) is 11.1 Å². The number of aromatic nitrogens is 1. The quantitative estimate of drug-likeness (QED) is 0.613. The van der Waals surface area contributed by atoms with Crippen LogP contribution < -0.4 is 0 Å². The predicted octanol–water partition coefficient (Wildman–Crippen LogP) is 5.62. The standard InChI is InChI=1S/C14H20.C7H5NS/c1-7-2-12-10-4-8-5-11(9(1)10)13(3-7)14(12)6-8;1-2-4-7-6(3-1)8-5-9-7/h7-14H,1-6H2;1-5H. The molecule has 0 N–H and O–H groups in total. The van der Waals surface area contributed by atoms with Crippen LogP contribution >= 0.6 is 11.3 Å². The second-order valence-corrected chi connectivity index (χ2v) is 9.84. The molecular weight excluding hydrogens is 298 g/mol. The second-order valence-electron chi connectivity index (χ2n) is 8.95. The van der Waals surface area contributed by atoms with Gasteiger partial charge in [-0.25, -0.2) is 4.98 Å². The number of benzene rings is 1. The molecule has 1 aromatic heterocycles. The van der Waals surface area contributed by atoms with Crippen LogP contribution in [-0.2, 0) is 0 Å². The van der Waals surface area contributed by atoms with E-state index in [1.54, 1.807) is 49.9 Å². The minimum absolute atomic E-state index is 1.10. The minimum atomic E-state index is 1.10. The van der Waals surface area contributed by atoms with E-state index < -0.39 is 0 Å². The van der Waals surface area contributed by atoms with Crippen molar-refractivity contribution in [1.29, 1.82) is 0 Å². The average molecular weight is 324 g/mol. The Morgan fingerprint density at radius 1 is 0.696 bits per heavy atom. The SMILES string of the molecule is C1C2CC3C4CC5CC(C14)C(C2)C3C5.c1ccc2scnc2c1. The molecule has 2 heteroatoms. The van der Waals surface area contributed by atoms with Crippen LogP contribution in [0.5, 0.6) is 0 Å². The fraction of sp³-hybridized carbons (Fsp3) is 0.667. The van der Waals surface area contributed by atoms with Crippen molar-refractivity contribution < 1.29 is 0 Å². The molecule has 0 unspecified atom stereocenters. The Hall–Kier alpha value is -0.890. The topological polar surface area (TPSA) is 12.9 Å². The predicted molar refractivity (Wildman–Crippen MR) is 95.2 cm³/mol. The number of thiazole rings is 1. The highest BCUT2D eigenvalue weighted by atomic mass is 32.1. The molecule has 0 atom stereocenters. The summed E-state index contributed by atoms with van der Waals surface area (Å²) in [6.45, 7) is 0. The van der Waals surface area contributed by atoms with Crippen LogP contribution in [-0.4, -0.2) is 4.98 Å². The first kappa shape index (κ1) is 13.4. The van der Waals surface area contributed by atoms with Crippen LogP contribution in [0, 0.1) is 47.3 Å². The lowest BCUT2D eigenvalue weighted by Gasteiger charge is -2.69. The summed E-state index contributed by atoms with van der Waals surface area (Å²) in [5.41, 5.74) is 2.97. The zero-order valence-electron chi connectivity index (χ0n) is 13.6. The Kier molecular flexibility index (Phi) is 2.81. The summed E-state index contributed by atoms with van der Waals surface area (Å²) < 4.78 is 1.26. The molecular formula is C21H25NS. The first-order chi connectivity index (χ1) is 11.4. The van der Waals surface area contributed by atoms with Gasteiger partial charge < -0.3 is 0 Å². The molecule has 2 aromatic rings. The lowest BCUT2D eigenvalue weighted by atomic mass is 9.36. The monoisotopic (exact) mass is 323 g/mol. The van der Waals surface area contributed by atoms with Gasteiger partial charge in [0.25, 0.3) is 0 Å². The number of rotatable bonds is 0. The van der Waals surface area contributed by atoms with Gasteiger partial charge in [0.15, 0.2) is 0 Å². The lowest BCUT2D eigenvalue weighted by Crippen LogP contribution is -2.62. The Labute approximate surface area is 142 Å². The molecule has 0 spiro atoms. The fourth-order valence-corrected chi connectivity index (χ4v) is 8.37. The van der Waals surface area contributed by atoms with Crippen molar-refractivity contribution in [1.82, 2.24) is 4.98 Å². The maximum absolute atomic E-state index is 4.14. The smallest absolute Gasteiger partial charge is 0.0812 e. The first-order valence-electron chi connectivity index (χ1n) is 9.65. The maximum Gasteiger partial charge on any atom is 0.0812 e. The van der Waals surface area contributed by atoms with Crippen molar-refractivity contribution >= 4 is 21.6 Å². The van der Waals surface area contributed by atoms with Crippen LogP contribution in [0.4, 0.5) is 0 Å². The van der Waals surface area contributed by atoms with E-state index >= 15 is 0 Å². The molecule has 1 nitrogen and oxygen atoms in total. The Balaban J connectivity index is 0.000000109. The fourth-order valence-electron chi connectivity index (χ4n) is 7.69. The summed E-state index contributed by atoms with van der Waals surface area (Å²) >= 11 is 1.68. The van der Waals surface area contributed by atoms with E-state index in [1.807, 2.05) is 23.7 Å². The summed E-state index contributed by atoms with van der Waals surface area (Å²) in [4.78, 5) is 4.14. The van der Waals surface area contributed by atoms with E-state index in [9.17, 15) is 0 Å². The number of para-hydroxylation sites is 1. The Morgan fingerprint density at radius 2 is 1.17 bits per heavy atom. The molecule has 0 saturated heterocycles. The summed E-state index contributed by atoms with van der Waals surface area (Å²) in [6, 6.07) is 8.13. The maximum atomic E-state index is 4.14. The van der Waals surface area contributed by atoms with Crippen molar-refractivity contribution in [3.63, 3.8) is 0 Å². The molecule has 7 saturated carbocycles. The van der Waals surface area contributed by atoms with Gasteiger partial charge in [-0.15, -0.1) is 11.3 Å². The molecule has 0 amide bonds. The van der Waals surface area contributed by atoms with Gasteiger partial charge >= 0.3 is 0 Å². The molecule has 0 radical (unpaired) electrons. The number of hydrogen-bond acceptors (Lipinski definition) is 2. The van der Waals surface area contributed by atoms with Crippen LogP contribution in [0.3, 0.4) is 0 Å². The number of fused-ring (bicyclic) bond motifs is 1. The van der Waals surface area contributed by atoms with E-state index in [1.165, 1.54) is 52.0 Å². The first-order valence-corrected chi connectivity index (χ1v) is 10.5. The van der Waals surface area contributed by atoms with Crippen LogP contribution in [0.25, 0.3) is 10.2 Å². The molecule has 1 aromatic carbocycles. The summed E-state index contributed by atoms with van der Waals surface area (Å²) in [7, 11) is 0. The van der Waals surface area contributed by atoms with Gasteiger partial charge in [0.05, 0.1) is 15.7 Å². The summed E-state index contributed by atoms with van der Waals surface area (Å²) in [5, 5.41) is 0. The van der Waals surface area contributed by atoms with Crippen LogP contribution in [0.15, 0.2) is 29.8 Å². The van der Waals surface area contributed by atoms with Gasteiger partial charge in [0, 0.05) is 0 Å². The number of hydrogen-bond donors (Lipinski definition) is 0. The van der Waals surface area contributed by atoms with E-state index in [0.29, 0.717) is 0 Å². The van der Waals surface area contributed by atoms with Crippen molar-refractivity contribution in [2.75, 3.05) is 0 Å². The minimum Gasteiger partial charge on any atom is -0.245 e. The molecule has 0 aliphatic heterocycles. The lowest BCUT2D eigenvalue weighted by molar-refractivity contribution is -0.202. The van der Waals surface area contributed by atoms with Crippen molar-refractivity contribution in [3.8, 4) is 0 Å². The molecule has 1 heterocycles.